The summed E-state index contributed by atoms with van der Waals surface area (Å²) < 4.78 is 27.0. The second kappa shape index (κ2) is 13.0. The first-order valence-corrected chi connectivity index (χ1v) is 8.62. The summed E-state index contributed by atoms with van der Waals surface area (Å²) >= 11 is 0. The molecule has 23 heavy (non-hydrogen) atoms. The Balaban J connectivity index is 0. The molecule has 0 amide bonds. The van der Waals surface area contributed by atoms with Crippen LogP contribution in [0.5, 0.6) is 0 Å². The lowest BCUT2D eigenvalue weighted by molar-refractivity contribution is -0.159. The van der Waals surface area contributed by atoms with Gasteiger partial charge in [0.1, 0.15) is 6.04 Å². The predicted octanol–water partition coefficient (Wildman–Crippen LogP) is 0.689. The lowest BCUT2D eigenvalue weighted by atomic mass is 10.2. The Morgan fingerprint density at radius 3 is 1.74 bits per heavy atom. The van der Waals surface area contributed by atoms with Gasteiger partial charge in [-0.3, -0.25) is 9.36 Å². The molecular formula is C12H24NO9P. The summed E-state index contributed by atoms with van der Waals surface area (Å²) in [6, 6.07) is -0.788. The van der Waals surface area contributed by atoms with Crippen molar-refractivity contribution in [2.24, 2.45) is 5.73 Å². The highest BCUT2D eigenvalue weighted by Gasteiger charge is 2.26. The predicted molar refractivity (Wildman–Crippen MR) is 80.2 cm³/mol. The highest BCUT2D eigenvalue weighted by molar-refractivity contribution is 7.53. The van der Waals surface area contributed by atoms with Crippen LogP contribution in [0.1, 0.15) is 27.2 Å². The maximum Gasteiger partial charge on any atom is 0.414 e. The molecule has 0 aromatic heterocycles. The molecule has 0 rings (SSSR count). The SMILES string of the molecule is CCOC(=O)C(N)CCP(=O)(OCC)OCC.O=C(O)C(=O)O. The molecule has 10 nitrogen and oxygen atoms in total. The van der Waals surface area contributed by atoms with Gasteiger partial charge in [0.2, 0.25) is 0 Å². The smallest absolute Gasteiger partial charge is 0.414 e. The minimum absolute atomic E-state index is 0.120. The van der Waals surface area contributed by atoms with Gasteiger partial charge in [0.25, 0.3) is 0 Å². The molecule has 0 saturated heterocycles. The van der Waals surface area contributed by atoms with Crippen molar-refractivity contribution < 1.29 is 42.9 Å². The first-order valence-electron chi connectivity index (χ1n) is 6.90. The Kier molecular flexibility index (Phi) is 13.4. The molecule has 0 aliphatic rings. The van der Waals surface area contributed by atoms with Crippen LogP contribution >= 0.6 is 7.60 Å². The van der Waals surface area contributed by atoms with E-state index >= 15 is 0 Å². The van der Waals surface area contributed by atoms with Crippen LogP contribution < -0.4 is 5.73 Å². The van der Waals surface area contributed by atoms with E-state index in [-0.39, 0.29) is 19.2 Å². The number of carbonyl (C=O) groups is 3. The molecule has 0 heterocycles. The lowest BCUT2D eigenvalue weighted by Gasteiger charge is -2.18. The molecule has 0 spiro atoms. The highest BCUT2D eigenvalue weighted by Crippen LogP contribution is 2.48. The van der Waals surface area contributed by atoms with Crippen LogP contribution in [0.3, 0.4) is 0 Å². The van der Waals surface area contributed by atoms with E-state index in [0.717, 1.165) is 0 Å². The fourth-order valence-electron chi connectivity index (χ4n) is 1.22. The third-order valence-electron chi connectivity index (χ3n) is 2.14. The third kappa shape index (κ3) is 12.7. The number of aliphatic carboxylic acids is 2. The first kappa shape index (κ1) is 23.8. The molecule has 0 aromatic rings. The quantitative estimate of drug-likeness (QED) is 0.304. The van der Waals surface area contributed by atoms with Crippen molar-refractivity contribution >= 4 is 25.5 Å². The van der Waals surface area contributed by atoms with E-state index in [2.05, 4.69) is 0 Å². The normalized spacial score (nSPS) is 11.8. The number of hydrogen-bond donors (Lipinski definition) is 3. The van der Waals surface area contributed by atoms with E-state index in [1.165, 1.54) is 0 Å². The Morgan fingerprint density at radius 2 is 1.43 bits per heavy atom. The summed E-state index contributed by atoms with van der Waals surface area (Å²) in [6.07, 6.45) is 0.338. The van der Waals surface area contributed by atoms with Crippen LogP contribution in [0.4, 0.5) is 0 Å². The topological polar surface area (TPSA) is 162 Å². The first-order chi connectivity index (χ1) is 10.6. The Morgan fingerprint density at radius 1 is 1.00 bits per heavy atom. The van der Waals surface area contributed by atoms with Gasteiger partial charge in [-0.15, -0.1) is 0 Å². The van der Waals surface area contributed by atoms with Crippen molar-refractivity contribution in [1.29, 1.82) is 0 Å². The number of ether oxygens (including phenoxy) is 1. The summed E-state index contributed by atoms with van der Waals surface area (Å²) in [4.78, 5) is 29.5. The molecule has 11 heteroatoms. The van der Waals surface area contributed by atoms with Gasteiger partial charge in [-0.25, -0.2) is 9.59 Å². The molecule has 0 aromatic carbocycles. The number of carbonyl (C=O) groups excluding carboxylic acids is 1. The Hall–Kier alpha value is -1.48. The van der Waals surface area contributed by atoms with Crippen LogP contribution in [0.25, 0.3) is 0 Å². The zero-order chi connectivity index (χ0) is 18.5. The van der Waals surface area contributed by atoms with Gasteiger partial charge < -0.3 is 29.7 Å². The van der Waals surface area contributed by atoms with Crippen LogP contribution in [-0.2, 0) is 32.7 Å². The van der Waals surface area contributed by atoms with Crippen molar-refractivity contribution in [3.05, 3.63) is 0 Å². The van der Waals surface area contributed by atoms with Gasteiger partial charge >= 0.3 is 25.5 Å². The number of hydrogen-bond acceptors (Lipinski definition) is 8. The highest BCUT2D eigenvalue weighted by atomic mass is 31.2. The molecule has 4 N–H and O–H groups in total. The van der Waals surface area contributed by atoms with Gasteiger partial charge in [0, 0.05) is 0 Å². The van der Waals surface area contributed by atoms with E-state index in [1.54, 1.807) is 20.8 Å². The number of rotatable bonds is 9. The fraction of sp³-hybridized carbons (Fsp3) is 0.750. The van der Waals surface area contributed by atoms with Crippen LogP contribution in [0.15, 0.2) is 0 Å². The molecule has 1 unspecified atom stereocenters. The molecule has 0 fully saturated rings. The largest absolute Gasteiger partial charge is 0.473 e. The van der Waals surface area contributed by atoms with E-state index in [1.807, 2.05) is 0 Å². The average Bonchev–Trinajstić information content (AvgIpc) is 2.46. The number of nitrogens with two attached hydrogens (primary N) is 1. The summed E-state index contributed by atoms with van der Waals surface area (Å²) in [5, 5.41) is 14.8. The third-order valence-corrected chi connectivity index (χ3v) is 4.25. The van der Waals surface area contributed by atoms with E-state index < -0.39 is 31.5 Å². The van der Waals surface area contributed by atoms with Gasteiger partial charge in [-0.2, -0.15) is 0 Å². The molecule has 136 valence electrons. The second-order valence-electron chi connectivity index (χ2n) is 3.93. The van der Waals surface area contributed by atoms with Gasteiger partial charge in [-0.05, 0) is 27.2 Å². The molecule has 1 atom stereocenters. The standard InChI is InChI=1S/C10H22NO5P.C2H2O4/c1-4-14-10(12)9(11)7-8-17(13,15-5-2)16-6-3;3-1(4)2(5)6/h9H,4-8,11H2,1-3H3;(H,3,4)(H,5,6). The molecule has 0 aliphatic heterocycles. The number of carboxylic acid groups (broad SMARTS) is 2. The van der Waals surface area contributed by atoms with Crippen molar-refractivity contribution in [3.63, 3.8) is 0 Å². The molecule has 0 saturated carbocycles. The fourth-order valence-corrected chi connectivity index (χ4v) is 2.94. The van der Waals surface area contributed by atoms with Gasteiger partial charge in [-0.1, -0.05) is 0 Å². The zero-order valence-corrected chi connectivity index (χ0v) is 14.3. The van der Waals surface area contributed by atoms with E-state index in [9.17, 15) is 9.36 Å². The average molecular weight is 357 g/mol. The molecule has 0 aliphatic carbocycles. The Bertz CT molecular complexity index is 405. The summed E-state index contributed by atoms with van der Waals surface area (Å²) in [7, 11) is -3.12. The van der Waals surface area contributed by atoms with Crippen molar-refractivity contribution in [3.8, 4) is 0 Å². The van der Waals surface area contributed by atoms with E-state index in [0.29, 0.717) is 13.2 Å². The van der Waals surface area contributed by atoms with Crippen LogP contribution in [-0.4, -0.2) is 60.1 Å². The van der Waals surface area contributed by atoms with Crippen molar-refractivity contribution in [2.75, 3.05) is 26.0 Å². The van der Waals surface area contributed by atoms with Gasteiger partial charge in [0.15, 0.2) is 0 Å². The minimum Gasteiger partial charge on any atom is -0.473 e. The number of carboxylic acids is 2. The van der Waals surface area contributed by atoms with Gasteiger partial charge in [0.05, 0.1) is 26.0 Å². The number of esters is 1. The van der Waals surface area contributed by atoms with E-state index in [4.69, 9.17) is 39.3 Å². The zero-order valence-electron chi connectivity index (χ0n) is 13.4. The molecular weight excluding hydrogens is 333 g/mol. The monoisotopic (exact) mass is 357 g/mol. The maximum atomic E-state index is 12.0. The summed E-state index contributed by atoms with van der Waals surface area (Å²) in [6.45, 7) is 6.04. The van der Waals surface area contributed by atoms with Crippen molar-refractivity contribution in [2.45, 2.75) is 33.2 Å². The summed E-state index contributed by atoms with van der Waals surface area (Å²) in [5.74, 6) is -4.14. The lowest BCUT2D eigenvalue weighted by Crippen LogP contribution is -2.33. The van der Waals surface area contributed by atoms with Crippen LogP contribution in [0.2, 0.25) is 0 Å². The minimum atomic E-state index is -3.12. The second-order valence-corrected chi connectivity index (χ2v) is 6.11. The summed E-state index contributed by atoms with van der Waals surface area (Å²) in [5.41, 5.74) is 5.60. The Labute approximate surface area is 134 Å². The molecule has 0 radical (unpaired) electrons. The van der Waals surface area contributed by atoms with Crippen LogP contribution in [0, 0.1) is 0 Å². The maximum absolute atomic E-state index is 12.0. The molecule has 0 bridgehead atoms. The van der Waals surface area contributed by atoms with Crippen molar-refractivity contribution in [1.82, 2.24) is 0 Å².